The van der Waals surface area contributed by atoms with E-state index in [0.717, 1.165) is 39.2 Å². The van der Waals surface area contributed by atoms with Crippen LogP contribution in [0.3, 0.4) is 0 Å². The first-order valence-electron chi connectivity index (χ1n) is 11.0. The number of thioether (sulfide) groups is 1. The first-order chi connectivity index (χ1) is 17.5. The lowest BCUT2D eigenvalue weighted by Crippen LogP contribution is -2.30. The molecule has 0 spiro atoms. The summed E-state index contributed by atoms with van der Waals surface area (Å²) >= 11 is 13.6. The molecular weight excluding hydrogens is 519 g/mol. The smallest absolute Gasteiger partial charge is 0.319 e. The number of carbonyl (C=O) groups excluding carboxylic acids is 1. The third-order valence-electron chi connectivity index (χ3n) is 5.25. The van der Waals surface area contributed by atoms with Crippen LogP contribution in [-0.2, 0) is 0 Å². The van der Waals surface area contributed by atoms with Gasteiger partial charge in [0.2, 0.25) is 0 Å². The number of aromatic amines is 1. The van der Waals surface area contributed by atoms with Crippen LogP contribution in [0.4, 0.5) is 10.5 Å². The minimum atomic E-state index is -0.364. The number of urea groups is 1. The number of carbonyl (C=O) groups is 1. The minimum Gasteiger partial charge on any atom is -0.497 e. The van der Waals surface area contributed by atoms with Gasteiger partial charge in [0.05, 0.1) is 41.3 Å². The van der Waals surface area contributed by atoms with Crippen molar-refractivity contribution in [1.82, 2.24) is 15.3 Å². The molecule has 1 heterocycles. The van der Waals surface area contributed by atoms with E-state index in [9.17, 15) is 4.79 Å². The molecule has 0 aliphatic rings. The molecule has 0 saturated heterocycles. The maximum atomic E-state index is 12.2. The van der Waals surface area contributed by atoms with Gasteiger partial charge < -0.3 is 25.1 Å². The Morgan fingerprint density at radius 3 is 2.22 bits per heavy atom. The zero-order valence-electron chi connectivity index (χ0n) is 19.6. The van der Waals surface area contributed by atoms with E-state index >= 15 is 0 Å². The van der Waals surface area contributed by atoms with Crippen LogP contribution in [0.15, 0.2) is 71.9 Å². The summed E-state index contributed by atoms with van der Waals surface area (Å²) in [5, 5.41) is 6.94. The molecule has 36 heavy (non-hydrogen) atoms. The number of imidazole rings is 1. The van der Waals surface area contributed by atoms with Crippen molar-refractivity contribution in [3.63, 3.8) is 0 Å². The Morgan fingerprint density at radius 1 is 0.944 bits per heavy atom. The average molecular weight is 543 g/mol. The summed E-state index contributed by atoms with van der Waals surface area (Å²) in [5.41, 5.74) is 4.12. The van der Waals surface area contributed by atoms with E-state index in [4.69, 9.17) is 37.7 Å². The van der Waals surface area contributed by atoms with Crippen LogP contribution in [0.1, 0.15) is 0 Å². The maximum absolute atomic E-state index is 12.2. The Bertz CT molecular complexity index is 1260. The molecule has 0 saturated carbocycles. The number of rotatable bonds is 9. The number of ether oxygens (including phenoxy) is 2. The number of H-pyrrole nitrogens is 1. The van der Waals surface area contributed by atoms with Crippen LogP contribution >= 0.6 is 35.0 Å². The fourth-order valence-corrected chi connectivity index (χ4v) is 4.50. The summed E-state index contributed by atoms with van der Waals surface area (Å²) in [5.74, 6) is 2.16. The Balaban J connectivity index is 1.44. The molecule has 0 aliphatic heterocycles. The molecule has 0 unspecified atom stereocenters. The molecule has 0 aliphatic carbocycles. The summed E-state index contributed by atoms with van der Waals surface area (Å²) in [6, 6.07) is 20.3. The summed E-state index contributed by atoms with van der Waals surface area (Å²) in [4.78, 5) is 20.5. The van der Waals surface area contributed by atoms with Gasteiger partial charge in [0.1, 0.15) is 11.5 Å². The SMILES string of the molecule is COc1ccc(-c2nc(SCCNC(=O)Nc3cccc(Cl)c3Cl)[nH]c2-c2ccc(OC)cc2)cc1. The number of amides is 2. The Hall–Kier alpha value is -3.33. The van der Waals surface area contributed by atoms with Crippen molar-refractivity contribution in [2.75, 3.05) is 31.8 Å². The number of nitrogens with zero attached hydrogens (tertiary/aromatic N) is 1. The highest BCUT2D eigenvalue weighted by atomic mass is 35.5. The Labute approximate surface area is 223 Å². The molecule has 186 valence electrons. The molecule has 0 radical (unpaired) electrons. The van der Waals surface area contributed by atoms with Gasteiger partial charge in [0.25, 0.3) is 0 Å². The van der Waals surface area contributed by atoms with Crippen LogP contribution in [0.5, 0.6) is 11.5 Å². The van der Waals surface area contributed by atoms with E-state index in [1.54, 1.807) is 32.4 Å². The zero-order chi connectivity index (χ0) is 25.5. The second-order valence-corrected chi connectivity index (χ2v) is 9.42. The predicted octanol–water partition coefficient (Wildman–Crippen LogP) is 6.98. The number of nitrogens with one attached hydrogen (secondary N) is 3. The van der Waals surface area contributed by atoms with Gasteiger partial charge in [-0.2, -0.15) is 0 Å². The van der Waals surface area contributed by atoms with E-state index in [2.05, 4.69) is 15.6 Å². The van der Waals surface area contributed by atoms with Gasteiger partial charge in [0.15, 0.2) is 5.16 Å². The summed E-state index contributed by atoms with van der Waals surface area (Å²) < 4.78 is 10.6. The van der Waals surface area contributed by atoms with Gasteiger partial charge >= 0.3 is 6.03 Å². The number of anilines is 1. The van der Waals surface area contributed by atoms with Crippen molar-refractivity contribution in [2.45, 2.75) is 5.16 Å². The largest absolute Gasteiger partial charge is 0.497 e. The summed E-state index contributed by atoms with van der Waals surface area (Å²) in [7, 11) is 3.28. The number of hydrogen-bond acceptors (Lipinski definition) is 5. The van der Waals surface area contributed by atoms with Crippen molar-refractivity contribution < 1.29 is 14.3 Å². The van der Waals surface area contributed by atoms with E-state index in [1.165, 1.54) is 11.8 Å². The second kappa shape index (κ2) is 12.1. The zero-order valence-corrected chi connectivity index (χ0v) is 21.9. The monoisotopic (exact) mass is 542 g/mol. The van der Waals surface area contributed by atoms with Crippen molar-refractivity contribution in [3.8, 4) is 34.0 Å². The molecule has 3 aromatic carbocycles. The number of hydrogen-bond donors (Lipinski definition) is 3. The van der Waals surface area contributed by atoms with Gasteiger partial charge in [-0.25, -0.2) is 9.78 Å². The van der Waals surface area contributed by atoms with E-state index in [1.807, 2.05) is 48.5 Å². The normalized spacial score (nSPS) is 10.7. The molecule has 7 nitrogen and oxygen atoms in total. The third kappa shape index (κ3) is 6.26. The Morgan fingerprint density at radius 2 is 1.58 bits per heavy atom. The van der Waals surface area contributed by atoms with Gasteiger partial charge in [-0.3, -0.25) is 0 Å². The van der Waals surface area contributed by atoms with Gasteiger partial charge in [-0.15, -0.1) is 0 Å². The predicted molar refractivity (Wildman–Crippen MR) is 147 cm³/mol. The topological polar surface area (TPSA) is 88.3 Å². The Kier molecular flexibility index (Phi) is 8.64. The van der Waals surface area contributed by atoms with Crippen molar-refractivity contribution in [2.24, 2.45) is 0 Å². The van der Waals surface area contributed by atoms with Gasteiger partial charge in [-0.1, -0.05) is 41.0 Å². The molecule has 0 bridgehead atoms. The van der Waals surface area contributed by atoms with Crippen LogP contribution < -0.4 is 20.1 Å². The van der Waals surface area contributed by atoms with E-state index < -0.39 is 0 Å². The molecular formula is C26H24Cl2N4O3S. The number of aromatic nitrogens is 2. The second-order valence-electron chi connectivity index (χ2n) is 7.55. The van der Waals surface area contributed by atoms with E-state index in [-0.39, 0.29) is 6.03 Å². The summed E-state index contributed by atoms with van der Waals surface area (Å²) in [6.07, 6.45) is 0. The first-order valence-corrected chi connectivity index (χ1v) is 12.7. The molecule has 10 heteroatoms. The minimum absolute atomic E-state index is 0.302. The lowest BCUT2D eigenvalue weighted by molar-refractivity contribution is 0.252. The number of halogens is 2. The van der Waals surface area contributed by atoms with Crippen molar-refractivity contribution >= 4 is 46.7 Å². The number of benzene rings is 3. The highest BCUT2D eigenvalue weighted by molar-refractivity contribution is 7.99. The fourth-order valence-electron chi connectivity index (χ4n) is 3.42. The van der Waals surface area contributed by atoms with Crippen LogP contribution in [-0.4, -0.2) is 42.5 Å². The van der Waals surface area contributed by atoms with Gasteiger partial charge in [-0.05, 0) is 60.7 Å². The third-order valence-corrected chi connectivity index (χ3v) is 6.94. The highest BCUT2D eigenvalue weighted by Crippen LogP contribution is 2.34. The van der Waals surface area contributed by atoms with Gasteiger partial charge in [0, 0.05) is 23.4 Å². The fraction of sp³-hybridized carbons (Fsp3) is 0.154. The van der Waals surface area contributed by atoms with Crippen LogP contribution in [0.2, 0.25) is 10.0 Å². The van der Waals surface area contributed by atoms with Crippen molar-refractivity contribution in [1.29, 1.82) is 0 Å². The molecule has 0 atom stereocenters. The lowest BCUT2D eigenvalue weighted by Gasteiger charge is -2.09. The molecule has 4 rings (SSSR count). The summed E-state index contributed by atoms with van der Waals surface area (Å²) in [6.45, 7) is 0.422. The number of methoxy groups -OCH3 is 2. The average Bonchev–Trinajstić information content (AvgIpc) is 3.33. The first kappa shape index (κ1) is 25.8. The molecule has 3 N–H and O–H groups in total. The molecule has 0 fully saturated rings. The lowest BCUT2D eigenvalue weighted by atomic mass is 10.0. The van der Waals surface area contributed by atoms with Crippen LogP contribution in [0.25, 0.3) is 22.5 Å². The molecule has 1 aromatic heterocycles. The van der Waals surface area contributed by atoms with Crippen LogP contribution in [0, 0.1) is 0 Å². The van der Waals surface area contributed by atoms with Crippen molar-refractivity contribution in [3.05, 3.63) is 76.8 Å². The molecule has 2 amide bonds. The van der Waals surface area contributed by atoms with E-state index in [0.29, 0.717) is 28.0 Å². The standard InChI is InChI=1S/C26H24Cl2N4O3S/c1-34-18-10-6-16(7-11-18)23-24(17-8-12-19(35-2)13-9-17)32-26(31-23)36-15-14-29-25(33)30-21-5-3-4-20(27)22(21)28/h3-13H,14-15H2,1-2H3,(H,31,32)(H2,29,30,33). The maximum Gasteiger partial charge on any atom is 0.319 e. The molecule has 4 aromatic rings. The quantitative estimate of drug-likeness (QED) is 0.157. The highest BCUT2D eigenvalue weighted by Gasteiger charge is 2.15.